The number of hydrogen-bond donors (Lipinski definition) is 3. The van der Waals surface area contributed by atoms with Gasteiger partial charge in [-0.3, -0.25) is 0 Å². The van der Waals surface area contributed by atoms with E-state index in [4.69, 9.17) is 10.8 Å². The predicted octanol–water partition coefficient (Wildman–Crippen LogP) is 0.775. The molecule has 3 nitrogen and oxygen atoms in total. The molecule has 1 aromatic carbocycles. The van der Waals surface area contributed by atoms with E-state index in [9.17, 15) is 5.11 Å². The Morgan fingerprint density at radius 2 is 1.86 bits per heavy atom. The summed E-state index contributed by atoms with van der Waals surface area (Å²) in [5, 5.41) is 18.4. The predicted molar refractivity (Wildman–Crippen MR) is 56.0 cm³/mol. The molecule has 1 aromatic rings. The Morgan fingerprint density at radius 1 is 1.29 bits per heavy atom. The second-order valence-electron chi connectivity index (χ2n) is 3.46. The van der Waals surface area contributed by atoms with Crippen LogP contribution >= 0.6 is 0 Å². The second-order valence-corrected chi connectivity index (χ2v) is 3.46. The number of aliphatic hydroxyl groups is 2. The van der Waals surface area contributed by atoms with E-state index in [1.807, 2.05) is 31.2 Å². The summed E-state index contributed by atoms with van der Waals surface area (Å²) >= 11 is 0. The fraction of sp³-hybridized carbons (Fsp3) is 0.455. The summed E-state index contributed by atoms with van der Waals surface area (Å²) in [6.45, 7) is 2.28. The van der Waals surface area contributed by atoms with Crippen molar-refractivity contribution in [3.05, 3.63) is 35.4 Å². The number of aliphatic hydroxyl groups excluding tert-OH is 2. The minimum Gasteiger partial charge on any atom is -0.393 e. The van der Waals surface area contributed by atoms with Crippen molar-refractivity contribution in [3.63, 3.8) is 0 Å². The summed E-state index contributed by atoms with van der Waals surface area (Å²) < 4.78 is 0. The van der Waals surface area contributed by atoms with Gasteiger partial charge in [-0.1, -0.05) is 31.2 Å². The van der Waals surface area contributed by atoms with Crippen molar-refractivity contribution in [3.8, 4) is 0 Å². The summed E-state index contributed by atoms with van der Waals surface area (Å²) in [5.41, 5.74) is 7.35. The third-order valence-electron chi connectivity index (χ3n) is 2.41. The van der Waals surface area contributed by atoms with Gasteiger partial charge >= 0.3 is 0 Å². The van der Waals surface area contributed by atoms with Crippen LogP contribution in [-0.4, -0.2) is 23.4 Å². The van der Waals surface area contributed by atoms with Crippen LogP contribution in [0.15, 0.2) is 24.3 Å². The topological polar surface area (TPSA) is 66.5 Å². The fourth-order valence-corrected chi connectivity index (χ4v) is 1.49. The average Bonchev–Trinajstić information content (AvgIpc) is 2.27. The van der Waals surface area contributed by atoms with Gasteiger partial charge in [-0.15, -0.1) is 0 Å². The lowest BCUT2D eigenvalue weighted by atomic mass is 9.93. The SMILES string of the molecule is CC(CN)c1ccccc1C(O)CO. The van der Waals surface area contributed by atoms with E-state index in [0.29, 0.717) is 6.54 Å². The first-order valence-electron chi connectivity index (χ1n) is 4.78. The number of benzene rings is 1. The van der Waals surface area contributed by atoms with E-state index >= 15 is 0 Å². The van der Waals surface area contributed by atoms with Gasteiger partial charge in [0.05, 0.1) is 6.61 Å². The van der Waals surface area contributed by atoms with Crippen LogP contribution in [0.2, 0.25) is 0 Å². The van der Waals surface area contributed by atoms with E-state index in [-0.39, 0.29) is 12.5 Å². The van der Waals surface area contributed by atoms with Crippen molar-refractivity contribution in [1.82, 2.24) is 0 Å². The van der Waals surface area contributed by atoms with Gasteiger partial charge < -0.3 is 15.9 Å². The lowest BCUT2D eigenvalue weighted by Gasteiger charge is -2.17. The third kappa shape index (κ3) is 2.32. The molecule has 0 bridgehead atoms. The number of nitrogens with two attached hydrogens (primary N) is 1. The van der Waals surface area contributed by atoms with Crippen LogP contribution < -0.4 is 5.73 Å². The highest BCUT2D eigenvalue weighted by molar-refractivity contribution is 5.32. The number of hydrogen-bond acceptors (Lipinski definition) is 3. The molecule has 2 atom stereocenters. The zero-order valence-corrected chi connectivity index (χ0v) is 8.35. The van der Waals surface area contributed by atoms with Gasteiger partial charge in [0, 0.05) is 0 Å². The summed E-state index contributed by atoms with van der Waals surface area (Å²) in [5.74, 6) is 0.201. The lowest BCUT2D eigenvalue weighted by molar-refractivity contribution is 0.0947. The zero-order valence-electron chi connectivity index (χ0n) is 8.35. The Labute approximate surface area is 84.2 Å². The van der Waals surface area contributed by atoms with Gasteiger partial charge in [-0.05, 0) is 23.6 Å². The molecule has 3 heteroatoms. The van der Waals surface area contributed by atoms with Gasteiger partial charge in [-0.2, -0.15) is 0 Å². The van der Waals surface area contributed by atoms with E-state index in [0.717, 1.165) is 11.1 Å². The maximum Gasteiger partial charge on any atom is 0.102 e. The quantitative estimate of drug-likeness (QED) is 0.665. The summed E-state index contributed by atoms with van der Waals surface area (Å²) in [6.07, 6.45) is -0.805. The maximum atomic E-state index is 9.56. The number of rotatable bonds is 4. The van der Waals surface area contributed by atoms with Crippen LogP contribution in [0, 0.1) is 0 Å². The maximum absolute atomic E-state index is 9.56. The molecule has 0 aliphatic heterocycles. The first-order chi connectivity index (χ1) is 6.70. The standard InChI is InChI=1S/C11H17NO2/c1-8(6-12)9-4-2-3-5-10(9)11(14)7-13/h2-5,8,11,13-14H,6-7,12H2,1H3. The van der Waals surface area contributed by atoms with Gasteiger partial charge in [0.15, 0.2) is 0 Å². The molecular formula is C11H17NO2. The van der Waals surface area contributed by atoms with E-state index < -0.39 is 6.10 Å². The Kier molecular flexibility index (Phi) is 4.07. The van der Waals surface area contributed by atoms with Crippen molar-refractivity contribution < 1.29 is 10.2 Å². The van der Waals surface area contributed by atoms with Crippen molar-refractivity contribution in [2.45, 2.75) is 18.9 Å². The van der Waals surface area contributed by atoms with Gasteiger partial charge in [0.25, 0.3) is 0 Å². The molecule has 2 unspecified atom stereocenters. The first kappa shape index (κ1) is 11.2. The van der Waals surface area contributed by atoms with E-state index in [2.05, 4.69) is 0 Å². The molecule has 0 saturated carbocycles. The molecule has 0 aliphatic rings. The smallest absolute Gasteiger partial charge is 0.102 e. The normalized spacial score (nSPS) is 15.1. The molecule has 0 aromatic heterocycles. The Morgan fingerprint density at radius 3 is 2.36 bits per heavy atom. The van der Waals surface area contributed by atoms with E-state index in [1.54, 1.807) is 0 Å². The van der Waals surface area contributed by atoms with Crippen LogP contribution in [0.25, 0.3) is 0 Å². The fourth-order valence-electron chi connectivity index (χ4n) is 1.49. The van der Waals surface area contributed by atoms with Crippen molar-refractivity contribution >= 4 is 0 Å². The summed E-state index contributed by atoms with van der Waals surface area (Å²) in [7, 11) is 0. The van der Waals surface area contributed by atoms with Crippen LogP contribution in [-0.2, 0) is 0 Å². The minimum atomic E-state index is -0.805. The molecule has 0 fully saturated rings. The van der Waals surface area contributed by atoms with Crippen LogP contribution in [0.1, 0.15) is 30.1 Å². The summed E-state index contributed by atoms with van der Waals surface area (Å²) in [6, 6.07) is 7.52. The third-order valence-corrected chi connectivity index (χ3v) is 2.41. The Balaban J connectivity index is 3.02. The molecular weight excluding hydrogens is 178 g/mol. The monoisotopic (exact) mass is 195 g/mol. The van der Waals surface area contributed by atoms with Crippen molar-refractivity contribution in [2.24, 2.45) is 5.73 Å². The van der Waals surface area contributed by atoms with Gasteiger partial charge in [0.1, 0.15) is 6.10 Å². The molecule has 0 amide bonds. The summed E-state index contributed by atoms with van der Waals surface area (Å²) in [4.78, 5) is 0. The van der Waals surface area contributed by atoms with Crippen molar-refractivity contribution in [1.29, 1.82) is 0 Å². The molecule has 14 heavy (non-hydrogen) atoms. The molecule has 0 heterocycles. The highest BCUT2D eigenvalue weighted by Gasteiger charge is 2.14. The Bertz CT molecular complexity index is 259. The van der Waals surface area contributed by atoms with Gasteiger partial charge in [-0.25, -0.2) is 0 Å². The minimum absolute atomic E-state index is 0.201. The first-order valence-corrected chi connectivity index (χ1v) is 4.78. The highest BCUT2D eigenvalue weighted by Crippen LogP contribution is 2.24. The highest BCUT2D eigenvalue weighted by atomic mass is 16.3. The van der Waals surface area contributed by atoms with Crippen LogP contribution in [0.5, 0.6) is 0 Å². The molecule has 0 aliphatic carbocycles. The van der Waals surface area contributed by atoms with Crippen molar-refractivity contribution in [2.75, 3.05) is 13.2 Å². The molecule has 0 spiro atoms. The molecule has 78 valence electrons. The molecule has 1 rings (SSSR count). The Hall–Kier alpha value is -0.900. The molecule has 0 radical (unpaired) electrons. The van der Waals surface area contributed by atoms with Crippen LogP contribution in [0.4, 0.5) is 0 Å². The average molecular weight is 195 g/mol. The molecule has 0 saturated heterocycles. The largest absolute Gasteiger partial charge is 0.393 e. The van der Waals surface area contributed by atoms with Crippen LogP contribution in [0.3, 0.4) is 0 Å². The zero-order chi connectivity index (χ0) is 10.6. The van der Waals surface area contributed by atoms with Gasteiger partial charge in [0.2, 0.25) is 0 Å². The lowest BCUT2D eigenvalue weighted by Crippen LogP contribution is -2.13. The molecule has 4 N–H and O–H groups in total. The second kappa shape index (κ2) is 5.10. The van der Waals surface area contributed by atoms with E-state index in [1.165, 1.54) is 0 Å².